The highest BCUT2D eigenvalue weighted by Gasteiger charge is 2.27. The molecule has 2 N–H and O–H groups in total. The molecule has 23 heavy (non-hydrogen) atoms. The lowest BCUT2D eigenvalue weighted by atomic mass is 10.1. The lowest BCUT2D eigenvalue weighted by Gasteiger charge is -2.15. The first-order chi connectivity index (χ1) is 10.9. The molecule has 0 bridgehead atoms. The van der Waals surface area contributed by atoms with Crippen LogP contribution >= 0.6 is 0 Å². The van der Waals surface area contributed by atoms with Crippen molar-refractivity contribution in [3.8, 4) is 0 Å². The molecule has 1 heterocycles. The van der Waals surface area contributed by atoms with E-state index in [0.29, 0.717) is 31.7 Å². The Balaban J connectivity index is 1.87. The average Bonchev–Trinajstić information content (AvgIpc) is 2.96. The highest BCUT2D eigenvalue weighted by atomic mass is 16.6. The van der Waals surface area contributed by atoms with Gasteiger partial charge < -0.3 is 15.3 Å². The molecule has 1 aliphatic rings. The molecule has 2 rings (SSSR count). The zero-order valence-corrected chi connectivity index (χ0v) is 12.8. The molecule has 1 unspecified atom stereocenters. The normalized spacial score (nSPS) is 17.9. The van der Waals surface area contributed by atoms with E-state index in [4.69, 9.17) is 5.11 Å². The Morgan fingerprint density at radius 2 is 2.22 bits per heavy atom. The topological polar surface area (TPSA) is 113 Å². The number of aryl methyl sites for hydroxylation is 1. The lowest BCUT2D eigenvalue weighted by Crippen LogP contribution is -2.27. The number of rotatable bonds is 6. The second-order valence-corrected chi connectivity index (χ2v) is 5.68. The molecule has 0 aliphatic carbocycles. The standard InChI is InChI=1S/C15H19N3O5/c1-10-2-3-12(18(22)23)8-13(10)16-14(19)5-7-17-6-4-11(9-17)15(20)21/h2-3,8,11H,4-7,9H2,1H3,(H,16,19)(H,20,21). The van der Waals surface area contributed by atoms with Crippen LogP contribution in [0.25, 0.3) is 0 Å². The number of carboxylic acid groups (broad SMARTS) is 1. The van der Waals surface area contributed by atoms with Crippen molar-refractivity contribution in [2.75, 3.05) is 25.0 Å². The number of hydrogen-bond acceptors (Lipinski definition) is 5. The predicted octanol–water partition coefficient (Wildman–Crippen LogP) is 1.64. The summed E-state index contributed by atoms with van der Waals surface area (Å²) in [5.74, 6) is -1.41. The third-order valence-corrected chi connectivity index (χ3v) is 3.98. The number of nitrogens with zero attached hydrogens (tertiary/aromatic N) is 2. The van der Waals surface area contributed by atoms with Gasteiger partial charge in [0.25, 0.3) is 5.69 Å². The van der Waals surface area contributed by atoms with E-state index in [2.05, 4.69) is 5.32 Å². The van der Waals surface area contributed by atoms with Crippen LogP contribution in [0.4, 0.5) is 11.4 Å². The number of carboxylic acids is 1. The van der Waals surface area contributed by atoms with Crippen LogP contribution in [0.2, 0.25) is 0 Å². The van der Waals surface area contributed by atoms with E-state index in [-0.39, 0.29) is 23.9 Å². The fourth-order valence-corrected chi connectivity index (χ4v) is 2.57. The number of carbonyl (C=O) groups is 2. The summed E-state index contributed by atoms with van der Waals surface area (Å²) in [7, 11) is 0. The summed E-state index contributed by atoms with van der Waals surface area (Å²) in [5, 5.41) is 22.4. The zero-order chi connectivity index (χ0) is 17.0. The number of non-ortho nitro benzene ring substituents is 1. The Morgan fingerprint density at radius 1 is 1.48 bits per heavy atom. The number of amides is 1. The number of anilines is 1. The van der Waals surface area contributed by atoms with E-state index in [9.17, 15) is 19.7 Å². The summed E-state index contributed by atoms with van der Waals surface area (Å²) in [5.41, 5.74) is 1.10. The number of benzene rings is 1. The minimum absolute atomic E-state index is 0.0743. The van der Waals surface area contributed by atoms with Gasteiger partial charge in [-0.25, -0.2) is 0 Å². The van der Waals surface area contributed by atoms with Crippen LogP contribution in [-0.2, 0) is 9.59 Å². The van der Waals surface area contributed by atoms with Crippen molar-refractivity contribution < 1.29 is 19.6 Å². The fraction of sp³-hybridized carbons (Fsp3) is 0.467. The number of carbonyl (C=O) groups excluding carboxylic acids is 1. The number of likely N-dealkylation sites (tertiary alicyclic amines) is 1. The Kier molecular flexibility index (Phi) is 5.28. The number of aliphatic carboxylic acids is 1. The molecule has 124 valence electrons. The molecule has 8 heteroatoms. The van der Waals surface area contributed by atoms with Crippen molar-refractivity contribution in [2.24, 2.45) is 5.92 Å². The minimum Gasteiger partial charge on any atom is -0.481 e. The van der Waals surface area contributed by atoms with Crippen LogP contribution in [0.5, 0.6) is 0 Å². The van der Waals surface area contributed by atoms with E-state index in [1.807, 2.05) is 4.90 Å². The molecule has 0 saturated carbocycles. The highest BCUT2D eigenvalue weighted by molar-refractivity contribution is 5.92. The Morgan fingerprint density at radius 3 is 2.83 bits per heavy atom. The van der Waals surface area contributed by atoms with Crippen molar-refractivity contribution >= 4 is 23.3 Å². The van der Waals surface area contributed by atoms with E-state index in [0.717, 1.165) is 5.56 Å². The van der Waals surface area contributed by atoms with Gasteiger partial charge in [-0.3, -0.25) is 19.7 Å². The molecule has 1 amide bonds. The molecule has 1 atom stereocenters. The van der Waals surface area contributed by atoms with Crippen molar-refractivity contribution in [1.29, 1.82) is 0 Å². The second-order valence-electron chi connectivity index (χ2n) is 5.68. The first-order valence-electron chi connectivity index (χ1n) is 7.37. The number of nitro benzene ring substituents is 1. The summed E-state index contributed by atoms with van der Waals surface area (Å²) in [6, 6.07) is 4.32. The molecule has 1 fully saturated rings. The Labute approximate surface area is 133 Å². The summed E-state index contributed by atoms with van der Waals surface area (Å²) < 4.78 is 0. The number of hydrogen-bond donors (Lipinski definition) is 2. The minimum atomic E-state index is -0.802. The van der Waals surface area contributed by atoms with Gasteiger partial charge in [-0.1, -0.05) is 6.07 Å². The van der Waals surface area contributed by atoms with Crippen LogP contribution in [0.15, 0.2) is 18.2 Å². The van der Waals surface area contributed by atoms with E-state index in [1.165, 1.54) is 12.1 Å². The third-order valence-electron chi connectivity index (χ3n) is 3.98. The molecule has 0 spiro atoms. The van der Waals surface area contributed by atoms with Gasteiger partial charge in [0, 0.05) is 31.6 Å². The molecular formula is C15H19N3O5. The number of nitrogens with one attached hydrogen (secondary N) is 1. The summed E-state index contributed by atoms with van der Waals surface area (Å²) in [6.45, 7) is 3.36. The first kappa shape index (κ1) is 16.9. The summed E-state index contributed by atoms with van der Waals surface area (Å²) >= 11 is 0. The van der Waals surface area contributed by atoms with Crippen LogP contribution in [0.1, 0.15) is 18.4 Å². The van der Waals surface area contributed by atoms with E-state index >= 15 is 0 Å². The van der Waals surface area contributed by atoms with Crippen molar-refractivity contribution in [2.45, 2.75) is 19.8 Å². The van der Waals surface area contributed by atoms with Crippen molar-refractivity contribution in [1.82, 2.24) is 4.90 Å². The van der Waals surface area contributed by atoms with Crippen LogP contribution < -0.4 is 5.32 Å². The third kappa shape index (κ3) is 4.49. The molecule has 1 aromatic rings. The van der Waals surface area contributed by atoms with Crippen LogP contribution in [0.3, 0.4) is 0 Å². The first-order valence-corrected chi connectivity index (χ1v) is 7.37. The smallest absolute Gasteiger partial charge is 0.307 e. The summed E-state index contributed by atoms with van der Waals surface area (Å²) in [4.78, 5) is 35.1. The van der Waals surface area contributed by atoms with Crippen LogP contribution in [-0.4, -0.2) is 46.4 Å². The quantitative estimate of drug-likeness (QED) is 0.608. The monoisotopic (exact) mass is 321 g/mol. The van der Waals surface area contributed by atoms with Crippen molar-refractivity contribution in [3.05, 3.63) is 33.9 Å². The van der Waals surface area contributed by atoms with E-state index < -0.39 is 10.9 Å². The largest absolute Gasteiger partial charge is 0.481 e. The maximum absolute atomic E-state index is 12.0. The van der Waals surface area contributed by atoms with Gasteiger partial charge in [0.05, 0.1) is 16.5 Å². The van der Waals surface area contributed by atoms with Gasteiger partial charge in [0.1, 0.15) is 0 Å². The number of nitro groups is 1. The van der Waals surface area contributed by atoms with Gasteiger partial charge in [-0.2, -0.15) is 0 Å². The van der Waals surface area contributed by atoms with Gasteiger partial charge in [0.2, 0.25) is 5.91 Å². The molecular weight excluding hydrogens is 302 g/mol. The maximum Gasteiger partial charge on any atom is 0.307 e. The second kappa shape index (κ2) is 7.19. The summed E-state index contributed by atoms with van der Waals surface area (Å²) in [6.07, 6.45) is 0.815. The van der Waals surface area contributed by atoms with Gasteiger partial charge in [0.15, 0.2) is 0 Å². The van der Waals surface area contributed by atoms with Gasteiger partial charge in [-0.15, -0.1) is 0 Å². The van der Waals surface area contributed by atoms with Crippen molar-refractivity contribution in [3.63, 3.8) is 0 Å². The van der Waals surface area contributed by atoms with Crippen LogP contribution in [0, 0.1) is 23.0 Å². The van der Waals surface area contributed by atoms with E-state index in [1.54, 1.807) is 13.0 Å². The molecule has 1 aromatic carbocycles. The fourth-order valence-electron chi connectivity index (χ4n) is 2.57. The average molecular weight is 321 g/mol. The SMILES string of the molecule is Cc1ccc([N+](=O)[O-])cc1NC(=O)CCN1CCC(C(=O)O)C1. The zero-order valence-electron chi connectivity index (χ0n) is 12.8. The molecule has 0 radical (unpaired) electrons. The Bertz CT molecular complexity index is 632. The lowest BCUT2D eigenvalue weighted by molar-refractivity contribution is -0.384. The highest BCUT2D eigenvalue weighted by Crippen LogP contribution is 2.22. The van der Waals surface area contributed by atoms with Gasteiger partial charge >= 0.3 is 5.97 Å². The van der Waals surface area contributed by atoms with Gasteiger partial charge in [-0.05, 0) is 25.5 Å². The maximum atomic E-state index is 12.0. The Hall–Kier alpha value is -2.48. The predicted molar refractivity (Wildman–Crippen MR) is 83.3 cm³/mol. The molecule has 1 saturated heterocycles. The molecule has 1 aliphatic heterocycles. The molecule has 8 nitrogen and oxygen atoms in total. The molecule has 0 aromatic heterocycles.